The van der Waals surface area contributed by atoms with E-state index in [0.29, 0.717) is 23.3 Å². The van der Waals surface area contributed by atoms with E-state index in [9.17, 15) is 76.5 Å². The van der Waals surface area contributed by atoms with Crippen LogP contribution < -0.4 is 10.6 Å². The van der Waals surface area contributed by atoms with E-state index in [-0.39, 0.29) is 44.8 Å². The van der Waals surface area contributed by atoms with E-state index in [1.165, 1.54) is 50.2 Å². The Kier molecular flexibility index (Phi) is 11.7. The maximum absolute atomic E-state index is 13.5. The highest BCUT2D eigenvalue weighted by Crippen LogP contribution is 2.35. The van der Waals surface area contributed by atoms with Crippen LogP contribution in [0, 0.1) is 13.8 Å². The number of aromatic hydroxyl groups is 2. The van der Waals surface area contributed by atoms with Gasteiger partial charge >= 0.3 is 6.03 Å². The van der Waals surface area contributed by atoms with Crippen LogP contribution in [0.5, 0.6) is 11.5 Å². The molecule has 2 aliphatic rings. The number of carbonyl (C=O) groups is 3. The molecule has 62 heavy (non-hydrogen) atoms. The van der Waals surface area contributed by atoms with Gasteiger partial charge in [0.1, 0.15) is 11.5 Å². The molecule has 0 aromatic heterocycles. The topological polar surface area (TPSA) is 358 Å². The molecule has 0 bridgehead atoms. The van der Waals surface area contributed by atoms with Crippen LogP contribution in [0.4, 0.5) is 16.2 Å². The molecule has 0 heterocycles. The van der Waals surface area contributed by atoms with E-state index >= 15 is 0 Å². The third kappa shape index (κ3) is 9.69. The van der Waals surface area contributed by atoms with Gasteiger partial charge in [-0.2, -0.15) is 33.7 Å². The number of carbonyl (C=O) groups excluding carboxylic acids is 3. The van der Waals surface area contributed by atoms with Crippen molar-refractivity contribution in [2.45, 2.75) is 36.5 Å². The smallest absolute Gasteiger partial charge is 0.323 e. The summed E-state index contributed by atoms with van der Waals surface area (Å²) in [4.78, 5) is 45.1. The first-order valence-corrected chi connectivity index (χ1v) is 22.9. The number of anilines is 2. The molecule has 0 radical (unpaired) electrons. The molecule has 324 valence electrons. The summed E-state index contributed by atoms with van der Waals surface area (Å²) >= 11 is 0. The minimum absolute atomic E-state index is 0.0136. The van der Waals surface area contributed by atoms with Crippen molar-refractivity contribution in [1.29, 1.82) is 0 Å². The zero-order valence-corrected chi connectivity index (χ0v) is 34.8. The van der Waals surface area contributed by atoms with Gasteiger partial charge < -0.3 is 20.8 Å². The molecule has 4 aromatic rings. The molecular weight excluding hydrogens is 901 g/mol. The van der Waals surface area contributed by atoms with Crippen LogP contribution in [0.3, 0.4) is 0 Å². The molecule has 0 spiro atoms. The molecular formula is C37H30N4O17S4. The minimum Gasteiger partial charge on any atom is -0.507 e. The Hall–Kier alpha value is -6.45. The van der Waals surface area contributed by atoms with Crippen molar-refractivity contribution in [1.82, 2.24) is 0 Å². The first kappa shape index (κ1) is 45.1. The van der Waals surface area contributed by atoms with Gasteiger partial charge in [0, 0.05) is 58.6 Å². The van der Waals surface area contributed by atoms with Crippen LogP contribution in [0.25, 0.3) is 0 Å². The molecule has 6 rings (SSSR count). The third-order valence-electron chi connectivity index (χ3n) is 9.34. The van der Waals surface area contributed by atoms with E-state index in [1.54, 1.807) is 0 Å². The fourth-order valence-corrected chi connectivity index (χ4v) is 8.71. The lowest BCUT2D eigenvalue weighted by molar-refractivity contribution is 0.0994. The number of urea groups is 1. The molecule has 0 atom stereocenters. The van der Waals surface area contributed by atoms with Crippen LogP contribution in [0.1, 0.15) is 54.1 Å². The molecule has 25 heteroatoms. The first-order chi connectivity index (χ1) is 28.6. The Bertz CT molecular complexity index is 3060. The van der Waals surface area contributed by atoms with E-state index in [4.69, 9.17) is 0 Å². The van der Waals surface area contributed by atoms with Gasteiger partial charge in [0.25, 0.3) is 52.3 Å². The lowest BCUT2D eigenvalue weighted by atomic mass is 9.94. The van der Waals surface area contributed by atoms with Gasteiger partial charge in [0.2, 0.25) is 0 Å². The third-order valence-corrected chi connectivity index (χ3v) is 12.8. The largest absolute Gasteiger partial charge is 0.507 e. The number of phenolic OH excluding ortho intramolecular Hbond substituents is 2. The normalized spacial score (nSPS) is 15.6. The van der Waals surface area contributed by atoms with E-state index in [0.717, 1.165) is 24.3 Å². The Morgan fingerprint density at radius 3 is 1.21 bits per heavy atom. The van der Waals surface area contributed by atoms with Gasteiger partial charge in [0.15, 0.2) is 0 Å². The summed E-state index contributed by atoms with van der Waals surface area (Å²) in [5, 5.41) is 26.3. The quantitative estimate of drug-likeness (QED) is 0.117. The van der Waals surface area contributed by atoms with Crippen molar-refractivity contribution in [2.75, 3.05) is 10.6 Å². The second-order valence-corrected chi connectivity index (χ2v) is 19.5. The monoisotopic (exact) mass is 930 g/mol. The van der Waals surface area contributed by atoms with E-state index < -0.39 is 114 Å². The molecule has 0 fully saturated rings. The molecule has 0 saturated heterocycles. The molecule has 0 saturated carbocycles. The number of allylic oxidation sites excluding steroid dienone is 4. The number of hydrogen-bond acceptors (Lipinski definition) is 13. The van der Waals surface area contributed by atoms with Crippen molar-refractivity contribution in [2.24, 2.45) is 9.98 Å². The van der Waals surface area contributed by atoms with Gasteiger partial charge in [-0.25, -0.2) is 14.8 Å². The van der Waals surface area contributed by atoms with Crippen molar-refractivity contribution in [3.05, 3.63) is 127 Å². The second-order valence-electron chi connectivity index (χ2n) is 13.7. The van der Waals surface area contributed by atoms with Crippen molar-refractivity contribution >= 4 is 81.1 Å². The van der Waals surface area contributed by atoms with Gasteiger partial charge in [0.05, 0.1) is 31.0 Å². The van der Waals surface area contributed by atoms with Gasteiger partial charge in [-0.05, 0) is 84.7 Å². The van der Waals surface area contributed by atoms with Gasteiger partial charge in [-0.15, -0.1) is 0 Å². The van der Waals surface area contributed by atoms with Gasteiger partial charge in [-0.1, -0.05) is 12.1 Å². The maximum Gasteiger partial charge on any atom is 0.323 e. The van der Waals surface area contributed by atoms with Crippen molar-refractivity contribution in [3.63, 3.8) is 0 Å². The number of rotatable bonds is 8. The van der Waals surface area contributed by atoms with E-state index in [1.807, 2.05) is 0 Å². The Labute approximate surface area is 351 Å². The predicted octanol–water partition coefficient (Wildman–Crippen LogP) is 3.77. The Morgan fingerprint density at radius 1 is 0.532 bits per heavy atom. The molecule has 21 nitrogen and oxygen atoms in total. The molecule has 8 N–H and O–H groups in total. The number of amides is 4. The molecule has 4 amide bonds. The van der Waals surface area contributed by atoms with Crippen LogP contribution in [-0.2, 0) is 53.3 Å². The highest BCUT2D eigenvalue weighted by Gasteiger charge is 2.31. The van der Waals surface area contributed by atoms with Crippen molar-refractivity contribution < 1.29 is 76.5 Å². The fraction of sp³-hybridized carbons (Fsp3) is 0.108. The van der Waals surface area contributed by atoms with Crippen LogP contribution in [-0.4, -0.2) is 91.4 Å². The van der Waals surface area contributed by atoms with Crippen molar-refractivity contribution in [3.8, 4) is 11.5 Å². The number of hydrogen-bond donors (Lipinski definition) is 8. The average Bonchev–Trinajstić information content (AvgIpc) is 3.14. The lowest BCUT2D eigenvalue weighted by Crippen LogP contribution is -2.20. The number of aryl methyl sites for hydroxylation is 2. The summed E-state index contributed by atoms with van der Waals surface area (Å²) in [5.74, 6) is -3.65. The molecule has 2 aliphatic carbocycles. The fourth-order valence-electron chi connectivity index (χ4n) is 6.41. The van der Waals surface area contributed by atoms with Crippen LogP contribution in [0.2, 0.25) is 0 Å². The number of phenols is 2. The SMILES string of the molecule is Cc1ccc(NC(=O)Nc2ccc(C)c(C(=O)N=C3C=C(S(=O)(=O)O)Cc4cc(S(=O)(=O)O)cc(O)c43)c2)cc1C(=O)N=C1C=C(S(=O)(=O)O)Cc2cc(S(=O)(=O)O)cc(O)c21. The maximum atomic E-state index is 13.5. The summed E-state index contributed by atoms with van der Waals surface area (Å²) in [5.41, 5.74) is -1.57. The average molecular weight is 931 g/mol. The Morgan fingerprint density at radius 2 is 0.887 bits per heavy atom. The number of benzene rings is 4. The number of nitrogens with one attached hydrogen (secondary N) is 2. The second kappa shape index (κ2) is 16.1. The highest BCUT2D eigenvalue weighted by atomic mass is 32.2. The van der Waals surface area contributed by atoms with E-state index in [2.05, 4.69) is 20.6 Å². The number of aliphatic imine (C=N–C) groups is 2. The number of nitrogens with zero attached hydrogens (tertiary/aromatic N) is 2. The summed E-state index contributed by atoms with van der Waals surface area (Å²) in [6.45, 7) is 3.00. The van der Waals surface area contributed by atoms with Crippen LogP contribution >= 0.6 is 0 Å². The van der Waals surface area contributed by atoms with Crippen LogP contribution in [0.15, 0.2) is 102 Å². The number of fused-ring (bicyclic) bond motifs is 2. The summed E-state index contributed by atoms with van der Waals surface area (Å²) in [6, 6.07) is 10.1. The standard InChI is InChI=1S/C37H30N4O17S4/c1-17-3-5-21(11-27(17)35(44)40-29-13-23(59(47,48)49)7-19-9-25(61(53,54)55)15-31(42)33(19)29)38-37(46)39-22-6-4-18(2)28(12-22)36(45)41-30-14-24(60(50,51)52)8-20-10-26(62(56,57)58)16-32(43)34(20)30/h3-6,9-16,42-43H,7-8H2,1-2H3,(H2,38,39,46)(H,47,48,49)(H,50,51,52)(H,53,54,55)(H,56,57,58). The molecule has 0 unspecified atom stereocenters. The predicted molar refractivity (Wildman–Crippen MR) is 219 cm³/mol. The minimum atomic E-state index is -4.93. The zero-order valence-electron chi connectivity index (χ0n) is 31.5. The summed E-state index contributed by atoms with van der Waals surface area (Å²) < 4.78 is 134. The highest BCUT2D eigenvalue weighted by molar-refractivity contribution is 7.90. The lowest BCUT2D eigenvalue weighted by Gasteiger charge is -2.19. The molecule has 4 aromatic carbocycles. The summed E-state index contributed by atoms with van der Waals surface area (Å²) in [6.07, 6.45) is 0.336. The first-order valence-electron chi connectivity index (χ1n) is 17.2. The van der Waals surface area contributed by atoms with Gasteiger partial charge in [-0.3, -0.25) is 27.8 Å². The molecule has 0 aliphatic heterocycles. The summed E-state index contributed by atoms with van der Waals surface area (Å²) in [7, 11) is -19.6. The Balaban J connectivity index is 1.27. The zero-order chi connectivity index (χ0) is 45.9.